The van der Waals surface area contributed by atoms with Crippen LogP contribution in [0.25, 0.3) is 0 Å². The van der Waals surface area contributed by atoms with Crippen molar-refractivity contribution >= 4 is 17.3 Å². The fourth-order valence-corrected chi connectivity index (χ4v) is 0.679. The zero-order chi connectivity index (χ0) is 6.69. The molecule has 0 spiro atoms. The number of anilines is 1. The molecule has 9 heavy (non-hydrogen) atoms. The summed E-state index contributed by atoms with van der Waals surface area (Å²) in [7, 11) is 1.85. The van der Waals surface area contributed by atoms with E-state index in [1.165, 1.54) is 0 Å². The molecule has 0 saturated heterocycles. The average molecular weight is 141 g/mol. The topological polar surface area (TPSA) is 12.0 Å². The highest BCUT2D eigenvalue weighted by Gasteiger charge is 1.86. The molecule has 0 saturated carbocycles. The normalized spacial score (nSPS) is 9.11. The molecule has 0 unspecified atom stereocenters. The van der Waals surface area contributed by atoms with Crippen molar-refractivity contribution in [2.24, 2.45) is 0 Å². The third kappa shape index (κ3) is 1.61. The number of hydrogen-bond acceptors (Lipinski definition) is 1. The average Bonchev–Trinajstić information content (AvgIpc) is 1.90. The van der Waals surface area contributed by atoms with Crippen LogP contribution in [0.5, 0.6) is 0 Å². The highest BCUT2D eigenvalue weighted by atomic mass is 35.5. The molecule has 0 amide bonds. The van der Waals surface area contributed by atoms with Crippen molar-refractivity contribution in [1.29, 1.82) is 0 Å². The van der Waals surface area contributed by atoms with E-state index in [0.29, 0.717) is 5.02 Å². The molecule has 0 aromatic heterocycles. The van der Waals surface area contributed by atoms with Crippen LogP contribution in [0.4, 0.5) is 5.69 Å². The van der Waals surface area contributed by atoms with Crippen molar-refractivity contribution in [1.82, 2.24) is 0 Å². The van der Waals surface area contributed by atoms with Gasteiger partial charge in [0.25, 0.3) is 0 Å². The predicted molar refractivity (Wildman–Crippen MR) is 39.8 cm³/mol. The Labute approximate surface area is 59.6 Å². The second-order valence-corrected chi connectivity index (χ2v) is 2.11. The Morgan fingerprint density at radius 3 is 2.78 bits per heavy atom. The van der Waals surface area contributed by atoms with Gasteiger partial charge in [-0.2, -0.15) is 0 Å². The van der Waals surface area contributed by atoms with Gasteiger partial charge in [-0.05, 0) is 18.2 Å². The lowest BCUT2D eigenvalue weighted by Gasteiger charge is -1.95. The van der Waals surface area contributed by atoms with Gasteiger partial charge in [0, 0.05) is 23.8 Å². The van der Waals surface area contributed by atoms with Gasteiger partial charge in [0.15, 0.2) is 0 Å². The molecule has 47 valence electrons. The highest BCUT2D eigenvalue weighted by Crippen LogP contribution is 2.11. The van der Waals surface area contributed by atoms with Gasteiger partial charge in [0.1, 0.15) is 0 Å². The summed E-state index contributed by atoms with van der Waals surface area (Å²) in [6.07, 6.45) is 0. The lowest BCUT2D eigenvalue weighted by atomic mass is 10.3. The molecule has 0 aliphatic carbocycles. The standard InChI is InChI=1S/C7H7ClN/c1-9-7-4-2-6(8)3-5-7/h2-4,9H,1H3. The van der Waals surface area contributed by atoms with Gasteiger partial charge >= 0.3 is 0 Å². The Bertz CT molecular complexity index is 181. The number of nitrogens with one attached hydrogen (secondary N) is 1. The molecule has 1 aromatic rings. The van der Waals surface area contributed by atoms with Crippen molar-refractivity contribution in [3.8, 4) is 0 Å². The summed E-state index contributed by atoms with van der Waals surface area (Å²) in [6, 6.07) is 8.37. The van der Waals surface area contributed by atoms with Crippen molar-refractivity contribution in [2.45, 2.75) is 0 Å². The molecule has 2 heteroatoms. The van der Waals surface area contributed by atoms with Gasteiger partial charge in [-0.15, -0.1) is 0 Å². The van der Waals surface area contributed by atoms with Crippen LogP contribution in [0.2, 0.25) is 5.02 Å². The zero-order valence-electron chi connectivity index (χ0n) is 5.11. The van der Waals surface area contributed by atoms with Crippen LogP contribution in [0, 0.1) is 6.07 Å². The summed E-state index contributed by atoms with van der Waals surface area (Å²) in [5.41, 5.74) is 0.958. The lowest BCUT2D eigenvalue weighted by Crippen LogP contribution is -1.85. The number of rotatable bonds is 1. The first-order valence-electron chi connectivity index (χ1n) is 2.68. The van der Waals surface area contributed by atoms with E-state index in [1.807, 2.05) is 19.2 Å². The van der Waals surface area contributed by atoms with E-state index in [2.05, 4.69) is 11.4 Å². The fourth-order valence-electron chi connectivity index (χ4n) is 0.561. The number of halogens is 1. The summed E-state index contributed by atoms with van der Waals surface area (Å²) in [6.45, 7) is 0. The largest absolute Gasteiger partial charge is 0.388 e. The zero-order valence-corrected chi connectivity index (χ0v) is 5.87. The number of hydrogen-bond donors (Lipinski definition) is 1. The van der Waals surface area contributed by atoms with Crippen molar-refractivity contribution in [2.75, 3.05) is 12.4 Å². The molecular formula is C7H7ClN. The van der Waals surface area contributed by atoms with Crippen molar-refractivity contribution in [3.63, 3.8) is 0 Å². The van der Waals surface area contributed by atoms with E-state index in [4.69, 9.17) is 11.6 Å². The van der Waals surface area contributed by atoms with E-state index >= 15 is 0 Å². The molecule has 0 atom stereocenters. The third-order valence-electron chi connectivity index (χ3n) is 1.04. The van der Waals surface area contributed by atoms with Gasteiger partial charge in [0.05, 0.1) is 0 Å². The molecule has 1 nitrogen and oxygen atoms in total. The highest BCUT2D eigenvalue weighted by molar-refractivity contribution is 6.30. The van der Waals surface area contributed by atoms with Crippen molar-refractivity contribution in [3.05, 3.63) is 29.3 Å². The molecule has 0 aliphatic heterocycles. The minimum Gasteiger partial charge on any atom is -0.388 e. The van der Waals surface area contributed by atoms with E-state index in [-0.39, 0.29) is 0 Å². The first kappa shape index (κ1) is 6.43. The van der Waals surface area contributed by atoms with E-state index in [0.717, 1.165) is 5.69 Å². The van der Waals surface area contributed by atoms with Crippen LogP contribution in [0.15, 0.2) is 18.2 Å². The SMILES string of the molecule is CNc1[c]cc(Cl)cc1. The van der Waals surface area contributed by atoms with Gasteiger partial charge < -0.3 is 5.32 Å². The van der Waals surface area contributed by atoms with E-state index in [9.17, 15) is 0 Å². The molecule has 1 rings (SSSR count). The summed E-state index contributed by atoms with van der Waals surface area (Å²) in [4.78, 5) is 0. The second kappa shape index (κ2) is 2.74. The molecular weight excluding hydrogens is 134 g/mol. The van der Waals surface area contributed by atoms with Gasteiger partial charge in [-0.3, -0.25) is 0 Å². The summed E-state index contributed by atoms with van der Waals surface area (Å²) < 4.78 is 0. The minimum absolute atomic E-state index is 0.717. The Morgan fingerprint density at radius 1 is 1.56 bits per heavy atom. The maximum atomic E-state index is 5.61. The first-order valence-corrected chi connectivity index (χ1v) is 3.05. The lowest BCUT2D eigenvalue weighted by molar-refractivity contribution is 1.51. The molecule has 0 fully saturated rings. The van der Waals surface area contributed by atoms with Crippen LogP contribution in [0.3, 0.4) is 0 Å². The maximum Gasteiger partial charge on any atom is 0.0419 e. The smallest absolute Gasteiger partial charge is 0.0419 e. The Hall–Kier alpha value is -0.690. The van der Waals surface area contributed by atoms with Gasteiger partial charge in [-0.1, -0.05) is 11.6 Å². The van der Waals surface area contributed by atoms with E-state index < -0.39 is 0 Å². The van der Waals surface area contributed by atoms with E-state index in [1.54, 1.807) is 6.07 Å². The van der Waals surface area contributed by atoms with Crippen LogP contribution >= 0.6 is 11.6 Å². The molecule has 1 aromatic carbocycles. The monoisotopic (exact) mass is 140 g/mol. The van der Waals surface area contributed by atoms with Crippen LogP contribution in [-0.2, 0) is 0 Å². The summed E-state index contributed by atoms with van der Waals surface area (Å²) >= 11 is 5.61. The molecule has 1 N–H and O–H groups in total. The Morgan fingerprint density at radius 2 is 2.33 bits per heavy atom. The molecule has 0 heterocycles. The van der Waals surface area contributed by atoms with Gasteiger partial charge in [0.2, 0.25) is 0 Å². The van der Waals surface area contributed by atoms with Crippen LogP contribution in [-0.4, -0.2) is 7.05 Å². The van der Waals surface area contributed by atoms with Crippen LogP contribution in [0.1, 0.15) is 0 Å². The summed E-state index contributed by atoms with van der Waals surface area (Å²) in [5, 5.41) is 3.66. The Balaban J connectivity index is 2.88. The number of benzene rings is 1. The Kier molecular flexibility index (Phi) is 1.96. The maximum absolute atomic E-state index is 5.61. The quantitative estimate of drug-likeness (QED) is 0.631. The molecule has 0 bridgehead atoms. The predicted octanol–water partition coefficient (Wildman–Crippen LogP) is 2.18. The molecule has 0 aliphatic rings. The second-order valence-electron chi connectivity index (χ2n) is 1.67. The minimum atomic E-state index is 0.717. The summed E-state index contributed by atoms with van der Waals surface area (Å²) in [5.74, 6) is 0. The third-order valence-corrected chi connectivity index (χ3v) is 1.28. The van der Waals surface area contributed by atoms with Crippen LogP contribution < -0.4 is 5.32 Å². The van der Waals surface area contributed by atoms with Crippen molar-refractivity contribution < 1.29 is 0 Å². The fraction of sp³-hybridized carbons (Fsp3) is 0.143. The van der Waals surface area contributed by atoms with Gasteiger partial charge in [-0.25, -0.2) is 0 Å². The molecule has 1 radical (unpaired) electrons. The first-order chi connectivity index (χ1) is 4.33.